The first kappa shape index (κ1) is 14.1. The third-order valence-electron chi connectivity index (χ3n) is 4.57. The molecular weight excluding hydrogens is 252 g/mol. The fraction of sp³-hybridized carbons (Fsp3) is 0.647. The van der Waals surface area contributed by atoms with Gasteiger partial charge in [-0.2, -0.15) is 0 Å². The molecule has 1 aliphatic heterocycles. The minimum absolute atomic E-state index is 0.277. The SMILES string of the molecule is Cc1ccc(COC2CCC3(CC2)OCCO3)cc1C. The number of benzene rings is 1. The molecule has 20 heavy (non-hydrogen) atoms. The van der Waals surface area contributed by atoms with E-state index >= 15 is 0 Å². The van der Waals surface area contributed by atoms with Crippen molar-refractivity contribution in [2.45, 2.75) is 58.0 Å². The molecule has 0 bridgehead atoms. The average Bonchev–Trinajstić information content (AvgIpc) is 2.90. The monoisotopic (exact) mass is 276 g/mol. The van der Waals surface area contributed by atoms with Crippen LogP contribution in [-0.4, -0.2) is 25.1 Å². The Morgan fingerprint density at radius 1 is 1.10 bits per heavy atom. The van der Waals surface area contributed by atoms with E-state index in [1.54, 1.807) is 0 Å². The first-order valence-electron chi connectivity index (χ1n) is 7.63. The van der Waals surface area contributed by atoms with Gasteiger partial charge in [0.15, 0.2) is 5.79 Å². The summed E-state index contributed by atoms with van der Waals surface area (Å²) in [6.07, 6.45) is 4.33. The number of rotatable bonds is 3. The minimum atomic E-state index is -0.277. The molecule has 1 spiro atoms. The van der Waals surface area contributed by atoms with Crippen molar-refractivity contribution in [3.63, 3.8) is 0 Å². The summed E-state index contributed by atoms with van der Waals surface area (Å²) in [4.78, 5) is 0. The number of ether oxygens (including phenoxy) is 3. The lowest BCUT2D eigenvalue weighted by Gasteiger charge is -2.35. The molecule has 0 unspecified atom stereocenters. The quantitative estimate of drug-likeness (QED) is 0.845. The van der Waals surface area contributed by atoms with Crippen molar-refractivity contribution in [3.8, 4) is 0 Å². The molecule has 0 radical (unpaired) electrons. The zero-order valence-electron chi connectivity index (χ0n) is 12.5. The first-order valence-corrected chi connectivity index (χ1v) is 7.63. The van der Waals surface area contributed by atoms with Crippen LogP contribution in [0.4, 0.5) is 0 Å². The van der Waals surface area contributed by atoms with E-state index in [2.05, 4.69) is 32.0 Å². The predicted molar refractivity (Wildman–Crippen MR) is 77.6 cm³/mol. The van der Waals surface area contributed by atoms with Gasteiger partial charge in [-0.1, -0.05) is 18.2 Å². The molecule has 2 aliphatic rings. The Morgan fingerprint density at radius 2 is 1.80 bits per heavy atom. The van der Waals surface area contributed by atoms with E-state index in [0.717, 1.165) is 38.9 Å². The van der Waals surface area contributed by atoms with Crippen LogP contribution in [0.25, 0.3) is 0 Å². The smallest absolute Gasteiger partial charge is 0.168 e. The largest absolute Gasteiger partial charge is 0.374 e. The fourth-order valence-corrected chi connectivity index (χ4v) is 3.09. The summed E-state index contributed by atoms with van der Waals surface area (Å²) in [5.41, 5.74) is 3.94. The summed E-state index contributed by atoms with van der Waals surface area (Å²) >= 11 is 0. The lowest BCUT2D eigenvalue weighted by Crippen LogP contribution is -2.37. The molecule has 0 amide bonds. The van der Waals surface area contributed by atoms with Crippen molar-refractivity contribution in [2.24, 2.45) is 0 Å². The maximum absolute atomic E-state index is 6.06. The van der Waals surface area contributed by atoms with Gasteiger partial charge in [-0.15, -0.1) is 0 Å². The summed E-state index contributed by atoms with van der Waals surface area (Å²) < 4.78 is 17.5. The molecule has 1 aliphatic carbocycles. The topological polar surface area (TPSA) is 27.7 Å². The van der Waals surface area contributed by atoms with Crippen molar-refractivity contribution in [1.82, 2.24) is 0 Å². The van der Waals surface area contributed by atoms with Crippen LogP contribution < -0.4 is 0 Å². The van der Waals surface area contributed by atoms with Gasteiger partial charge in [0.2, 0.25) is 0 Å². The Morgan fingerprint density at radius 3 is 2.45 bits per heavy atom. The highest BCUT2D eigenvalue weighted by Gasteiger charge is 2.40. The summed E-state index contributed by atoms with van der Waals surface area (Å²) in [6.45, 7) is 6.49. The highest BCUT2D eigenvalue weighted by Crippen LogP contribution is 2.36. The van der Waals surface area contributed by atoms with Gasteiger partial charge in [0.05, 0.1) is 25.9 Å². The normalized spacial score (nSPS) is 22.5. The highest BCUT2D eigenvalue weighted by atomic mass is 16.7. The molecular formula is C17H24O3. The van der Waals surface area contributed by atoms with Crippen LogP contribution in [0.15, 0.2) is 18.2 Å². The second-order valence-corrected chi connectivity index (χ2v) is 6.04. The second kappa shape index (κ2) is 5.84. The van der Waals surface area contributed by atoms with Gasteiger partial charge in [0, 0.05) is 12.8 Å². The van der Waals surface area contributed by atoms with Gasteiger partial charge < -0.3 is 14.2 Å². The molecule has 110 valence electrons. The van der Waals surface area contributed by atoms with Crippen LogP contribution in [-0.2, 0) is 20.8 Å². The summed E-state index contributed by atoms with van der Waals surface area (Å²) in [7, 11) is 0. The molecule has 0 aromatic heterocycles. The number of hydrogen-bond acceptors (Lipinski definition) is 3. The van der Waals surface area contributed by atoms with Crippen LogP contribution >= 0.6 is 0 Å². The lowest BCUT2D eigenvalue weighted by molar-refractivity contribution is -0.192. The molecule has 1 heterocycles. The van der Waals surface area contributed by atoms with Crippen LogP contribution in [0.3, 0.4) is 0 Å². The lowest BCUT2D eigenvalue weighted by atomic mass is 9.92. The summed E-state index contributed by atoms with van der Waals surface area (Å²) in [5.74, 6) is -0.277. The van der Waals surface area contributed by atoms with Gasteiger partial charge in [-0.3, -0.25) is 0 Å². The molecule has 1 aromatic carbocycles. The summed E-state index contributed by atoms with van der Waals surface area (Å²) in [6, 6.07) is 6.56. The molecule has 1 saturated heterocycles. The molecule has 0 N–H and O–H groups in total. The fourth-order valence-electron chi connectivity index (χ4n) is 3.09. The first-order chi connectivity index (χ1) is 9.67. The van der Waals surface area contributed by atoms with E-state index in [9.17, 15) is 0 Å². The van der Waals surface area contributed by atoms with Gasteiger partial charge in [-0.25, -0.2) is 0 Å². The molecule has 3 nitrogen and oxygen atoms in total. The minimum Gasteiger partial charge on any atom is -0.374 e. The second-order valence-electron chi connectivity index (χ2n) is 6.04. The maximum Gasteiger partial charge on any atom is 0.168 e. The molecule has 0 atom stereocenters. The molecule has 2 fully saturated rings. The van der Waals surface area contributed by atoms with Crippen molar-refractivity contribution in [3.05, 3.63) is 34.9 Å². The molecule has 3 rings (SSSR count). The predicted octanol–water partition coefficient (Wildman–Crippen LogP) is 3.51. The summed E-state index contributed by atoms with van der Waals surface area (Å²) in [5, 5.41) is 0. The Bertz CT molecular complexity index is 453. The van der Waals surface area contributed by atoms with Crippen LogP contribution in [0.2, 0.25) is 0 Å². The van der Waals surface area contributed by atoms with Gasteiger partial charge in [0.1, 0.15) is 0 Å². The van der Waals surface area contributed by atoms with Gasteiger partial charge in [0.25, 0.3) is 0 Å². The third-order valence-corrected chi connectivity index (χ3v) is 4.57. The Balaban J connectivity index is 1.49. The van der Waals surface area contributed by atoms with Gasteiger partial charge >= 0.3 is 0 Å². The Kier molecular flexibility index (Phi) is 4.11. The van der Waals surface area contributed by atoms with E-state index in [1.165, 1.54) is 16.7 Å². The van der Waals surface area contributed by atoms with Crippen molar-refractivity contribution < 1.29 is 14.2 Å². The number of aryl methyl sites for hydroxylation is 2. The Labute approximate surface area is 121 Å². The van der Waals surface area contributed by atoms with E-state index in [0.29, 0.717) is 12.7 Å². The van der Waals surface area contributed by atoms with Crippen molar-refractivity contribution in [2.75, 3.05) is 13.2 Å². The van der Waals surface area contributed by atoms with Crippen molar-refractivity contribution >= 4 is 0 Å². The Hall–Kier alpha value is -0.900. The van der Waals surface area contributed by atoms with E-state index in [4.69, 9.17) is 14.2 Å². The van der Waals surface area contributed by atoms with Crippen LogP contribution in [0, 0.1) is 13.8 Å². The van der Waals surface area contributed by atoms with Crippen LogP contribution in [0.5, 0.6) is 0 Å². The average molecular weight is 276 g/mol. The van der Waals surface area contributed by atoms with E-state index in [-0.39, 0.29) is 5.79 Å². The van der Waals surface area contributed by atoms with Crippen LogP contribution in [0.1, 0.15) is 42.4 Å². The number of hydrogen-bond donors (Lipinski definition) is 0. The third kappa shape index (κ3) is 3.05. The van der Waals surface area contributed by atoms with Crippen molar-refractivity contribution in [1.29, 1.82) is 0 Å². The van der Waals surface area contributed by atoms with E-state index in [1.807, 2.05) is 0 Å². The zero-order valence-corrected chi connectivity index (χ0v) is 12.5. The standard InChI is InChI=1S/C17H24O3/c1-13-3-4-15(11-14(13)2)12-18-16-5-7-17(8-6-16)19-9-10-20-17/h3-4,11,16H,5-10,12H2,1-2H3. The molecule has 1 saturated carbocycles. The zero-order chi connectivity index (χ0) is 14.0. The maximum atomic E-state index is 6.06. The van der Waals surface area contributed by atoms with E-state index < -0.39 is 0 Å². The highest BCUT2D eigenvalue weighted by molar-refractivity contribution is 5.29. The van der Waals surface area contributed by atoms with Gasteiger partial charge in [-0.05, 0) is 43.4 Å². The molecule has 1 aromatic rings. The molecule has 3 heteroatoms.